The molecule has 2 N–H and O–H groups in total. The summed E-state index contributed by atoms with van der Waals surface area (Å²) in [4.78, 5) is 24.0. The summed E-state index contributed by atoms with van der Waals surface area (Å²) in [6, 6.07) is 9.56. The number of hydrogen-bond acceptors (Lipinski definition) is 3. The fourth-order valence-electron chi connectivity index (χ4n) is 3.70. The van der Waals surface area contributed by atoms with Gasteiger partial charge in [0.1, 0.15) is 0 Å². The van der Waals surface area contributed by atoms with Crippen molar-refractivity contribution in [2.45, 2.75) is 57.4 Å². The van der Waals surface area contributed by atoms with Crippen molar-refractivity contribution in [2.24, 2.45) is 5.92 Å². The lowest BCUT2D eigenvalue weighted by atomic mass is 9.86. The van der Waals surface area contributed by atoms with Gasteiger partial charge in [0.2, 0.25) is 5.91 Å². The zero-order chi connectivity index (χ0) is 19.1. The van der Waals surface area contributed by atoms with Crippen molar-refractivity contribution in [3.63, 3.8) is 0 Å². The first-order valence-electron chi connectivity index (χ1n) is 9.74. The van der Waals surface area contributed by atoms with Crippen molar-refractivity contribution in [3.05, 3.63) is 48.3 Å². The number of carboxylic acids is 1. The molecule has 0 radical (unpaired) electrons. The highest BCUT2D eigenvalue weighted by Gasteiger charge is 2.29. The van der Waals surface area contributed by atoms with E-state index < -0.39 is 11.9 Å². The molecule has 6 nitrogen and oxygen atoms in total. The number of carbonyl (C=O) groups is 2. The molecule has 1 fully saturated rings. The highest BCUT2D eigenvalue weighted by molar-refractivity contribution is 5.78. The molecule has 3 rings (SSSR count). The Bertz CT molecular complexity index is 757. The van der Waals surface area contributed by atoms with E-state index in [0.717, 1.165) is 43.4 Å². The quantitative estimate of drug-likeness (QED) is 0.818. The number of benzene rings is 1. The Labute approximate surface area is 159 Å². The van der Waals surface area contributed by atoms with Crippen LogP contribution in [-0.2, 0) is 16.0 Å². The van der Waals surface area contributed by atoms with Gasteiger partial charge in [0, 0.05) is 18.7 Å². The van der Waals surface area contributed by atoms with Gasteiger partial charge < -0.3 is 10.4 Å². The highest BCUT2D eigenvalue weighted by Crippen LogP contribution is 2.23. The summed E-state index contributed by atoms with van der Waals surface area (Å²) >= 11 is 0. The van der Waals surface area contributed by atoms with Crippen LogP contribution in [0.15, 0.2) is 42.7 Å². The maximum absolute atomic E-state index is 12.4. The molecule has 1 saturated carbocycles. The number of carbonyl (C=O) groups excluding carboxylic acids is 1. The summed E-state index contributed by atoms with van der Waals surface area (Å²) in [7, 11) is 0. The number of carboxylic acid groups (broad SMARTS) is 1. The summed E-state index contributed by atoms with van der Waals surface area (Å²) in [5.74, 6) is -1.36. The molecule has 6 heteroatoms. The molecule has 2 aromatic rings. The number of para-hydroxylation sites is 1. The lowest BCUT2D eigenvalue weighted by Gasteiger charge is -2.27. The zero-order valence-corrected chi connectivity index (χ0v) is 15.5. The standard InChI is InChI=1S/C21H27N3O3/c25-20(23-19-11-7-2-1-6-10-18(19)21(26)27)13-12-16-14-22-24(15-16)17-8-4-3-5-9-17/h3-5,8-9,14-15,18-19H,1-2,6-7,10-13H2,(H,23,25)(H,26,27). The van der Waals surface area contributed by atoms with E-state index in [-0.39, 0.29) is 11.9 Å². The maximum atomic E-state index is 12.4. The van der Waals surface area contributed by atoms with E-state index in [9.17, 15) is 14.7 Å². The monoisotopic (exact) mass is 369 g/mol. The third-order valence-corrected chi connectivity index (χ3v) is 5.23. The van der Waals surface area contributed by atoms with Crippen LogP contribution in [0.25, 0.3) is 5.69 Å². The van der Waals surface area contributed by atoms with Crippen LogP contribution in [0.4, 0.5) is 0 Å². The summed E-state index contributed by atoms with van der Waals surface area (Å²) in [5.41, 5.74) is 1.97. The molecular weight excluding hydrogens is 342 g/mol. The number of nitrogens with zero attached hydrogens (tertiary/aromatic N) is 2. The lowest BCUT2D eigenvalue weighted by Crippen LogP contribution is -2.44. The molecule has 27 heavy (non-hydrogen) atoms. The van der Waals surface area contributed by atoms with Gasteiger partial charge in [-0.1, -0.05) is 43.9 Å². The predicted molar refractivity (Wildman–Crippen MR) is 103 cm³/mol. The van der Waals surface area contributed by atoms with Gasteiger partial charge in [0.15, 0.2) is 0 Å². The number of rotatable bonds is 6. The van der Waals surface area contributed by atoms with E-state index in [0.29, 0.717) is 19.3 Å². The van der Waals surface area contributed by atoms with E-state index >= 15 is 0 Å². The van der Waals surface area contributed by atoms with E-state index in [2.05, 4.69) is 10.4 Å². The van der Waals surface area contributed by atoms with Crippen molar-refractivity contribution < 1.29 is 14.7 Å². The Morgan fingerprint density at radius 1 is 1.11 bits per heavy atom. The minimum atomic E-state index is -0.800. The number of hydrogen-bond donors (Lipinski definition) is 2. The molecule has 0 bridgehead atoms. The molecule has 144 valence electrons. The Balaban J connectivity index is 1.54. The highest BCUT2D eigenvalue weighted by atomic mass is 16.4. The minimum Gasteiger partial charge on any atom is -0.481 e. The smallest absolute Gasteiger partial charge is 0.308 e. The largest absolute Gasteiger partial charge is 0.481 e. The average Bonchev–Trinajstić information content (AvgIpc) is 3.12. The summed E-state index contributed by atoms with van der Waals surface area (Å²) in [6.45, 7) is 0. The summed E-state index contributed by atoms with van der Waals surface area (Å²) in [6.07, 6.45) is 10.1. The predicted octanol–water partition coefficient (Wildman–Crippen LogP) is 3.34. The van der Waals surface area contributed by atoms with E-state index in [1.54, 1.807) is 10.9 Å². The first kappa shape index (κ1) is 19.1. The van der Waals surface area contributed by atoms with Crippen LogP contribution in [-0.4, -0.2) is 32.8 Å². The van der Waals surface area contributed by atoms with Gasteiger partial charge >= 0.3 is 5.97 Å². The molecular formula is C21H27N3O3. The molecule has 0 spiro atoms. The van der Waals surface area contributed by atoms with E-state index in [4.69, 9.17) is 0 Å². The molecule has 0 aliphatic heterocycles. The topological polar surface area (TPSA) is 84.2 Å². The molecule has 1 amide bonds. The Kier molecular flexibility index (Phi) is 6.63. The third-order valence-electron chi connectivity index (χ3n) is 5.23. The summed E-state index contributed by atoms with van der Waals surface area (Å²) in [5, 5.41) is 16.8. The second-order valence-electron chi connectivity index (χ2n) is 7.24. The van der Waals surface area contributed by atoms with Gasteiger partial charge in [-0.2, -0.15) is 5.10 Å². The Morgan fingerprint density at radius 3 is 2.59 bits per heavy atom. The van der Waals surface area contributed by atoms with Crippen LogP contribution in [0.3, 0.4) is 0 Å². The zero-order valence-electron chi connectivity index (χ0n) is 15.5. The van der Waals surface area contributed by atoms with E-state index in [1.165, 1.54) is 0 Å². The van der Waals surface area contributed by atoms with Gasteiger partial charge in [-0.15, -0.1) is 0 Å². The van der Waals surface area contributed by atoms with Gasteiger partial charge in [0.05, 0.1) is 17.8 Å². The van der Waals surface area contributed by atoms with Crippen LogP contribution in [0.1, 0.15) is 50.5 Å². The van der Waals surface area contributed by atoms with Gasteiger partial charge in [-0.05, 0) is 37.0 Å². The first-order chi connectivity index (χ1) is 13.1. The average molecular weight is 369 g/mol. The summed E-state index contributed by atoms with van der Waals surface area (Å²) < 4.78 is 1.79. The van der Waals surface area contributed by atoms with Crippen molar-refractivity contribution in [1.82, 2.24) is 15.1 Å². The van der Waals surface area contributed by atoms with Gasteiger partial charge in [-0.3, -0.25) is 9.59 Å². The SMILES string of the molecule is O=C(CCc1cnn(-c2ccccc2)c1)NC1CCCCCCC1C(=O)O. The molecule has 1 aromatic carbocycles. The molecule has 1 heterocycles. The molecule has 2 atom stereocenters. The fraction of sp³-hybridized carbons (Fsp3) is 0.476. The van der Waals surface area contributed by atoms with Crippen LogP contribution in [0, 0.1) is 5.92 Å². The molecule has 1 aliphatic carbocycles. The molecule has 0 saturated heterocycles. The van der Waals surface area contributed by atoms with Crippen LogP contribution in [0.5, 0.6) is 0 Å². The fourth-order valence-corrected chi connectivity index (χ4v) is 3.70. The van der Waals surface area contributed by atoms with Crippen molar-refractivity contribution in [1.29, 1.82) is 0 Å². The number of aliphatic carboxylic acids is 1. The van der Waals surface area contributed by atoms with Crippen LogP contribution in [0.2, 0.25) is 0 Å². The third kappa shape index (κ3) is 5.42. The number of amides is 1. The normalized spacial score (nSPS) is 20.4. The van der Waals surface area contributed by atoms with Crippen molar-refractivity contribution in [2.75, 3.05) is 0 Å². The lowest BCUT2D eigenvalue weighted by molar-refractivity contribution is -0.143. The Hall–Kier alpha value is -2.63. The maximum Gasteiger partial charge on any atom is 0.308 e. The second-order valence-corrected chi connectivity index (χ2v) is 7.24. The number of aryl methyl sites for hydroxylation is 1. The molecule has 1 aliphatic rings. The Morgan fingerprint density at radius 2 is 1.85 bits per heavy atom. The number of nitrogens with one attached hydrogen (secondary N) is 1. The van der Waals surface area contributed by atoms with E-state index in [1.807, 2.05) is 36.5 Å². The second kappa shape index (κ2) is 9.35. The van der Waals surface area contributed by atoms with Crippen molar-refractivity contribution >= 4 is 11.9 Å². The molecule has 1 aromatic heterocycles. The first-order valence-corrected chi connectivity index (χ1v) is 9.74. The van der Waals surface area contributed by atoms with Gasteiger partial charge in [-0.25, -0.2) is 4.68 Å². The van der Waals surface area contributed by atoms with Crippen LogP contribution < -0.4 is 5.32 Å². The number of aromatic nitrogens is 2. The van der Waals surface area contributed by atoms with Crippen LogP contribution >= 0.6 is 0 Å². The van der Waals surface area contributed by atoms with Gasteiger partial charge in [0.25, 0.3) is 0 Å². The molecule has 2 unspecified atom stereocenters. The minimum absolute atomic E-state index is 0.0840. The van der Waals surface area contributed by atoms with Crippen molar-refractivity contribution in [3.8, 4) is 5.69 Å².